The van der Waals surface area contributed by atoms with Crippen LogP contribution in [-0.4, -0.2) is 9.55 Å². The molecule has 0 amide bonds. The van der Waals surface area contributed by atoms with Gasteiger partial charge < -0.3 is 4.42 Å². The summed E-state index contributed by atoms with van der Waals surface area (Å²) in [5, 5.41) is 3.47. The van der Waals surface area contributed by atoms with Gasteiger partial charge in [0.1, 0.15) is 16.9 Å². The molecular formula is C31H28N2O. The Balaban J connectivity index is 1.81. The van der Waals surface area contributed by atoms with E-state index in [0.717, 1.165) is 27.9 Å². The summed E-state index contributed by atoms with van der Waals surface area (Å²) >= 11 is 0. The van der Waals surface area contributed by atoms with E-state index >= 15 is 0 Å². The standard InChI is InChI=1S/C31H28N2O/c1-19(2)24-15-10-16-25(20(3)4)28(24)33-29-26-17-22-13-8-9-14-23(22)18-27(26)34-31(29)32-30(33)21-11-6-5-7-12-21/h5-20H,1-4H3. The number of hydrogen-bond donors (Lipinski definition) is 0. The molecule has 0 spiro atoms. The van der Waals surface area contributed by atoms with Crippen molar-refractivity contribution in [2.24, 2.45) is 0 Å². The summed E-state index contributed by atoms with van der Waals surface area (Å²) in [6.45, 7) is 9.06. The van der Waals surface area contributed by atoms with Crippen molar-refractivity contribution < 1.29 is 4.42 Å². The Morgan fingerprint density at radius 1 is 0.706 bits per heavy atom. The fourth-order valence-electron chi connectivity index (χ4n) is 5.07. The van der Waals surface area contributed by atoms with Crippen LogP contribution >= 0.6 is 0 Å². The number of imidazole rings is 1. The number of para-hydroxylation sites is 1. The van der Waals surface area contributed by atoms with E-state index in [9.17, 15) is 0 Å². The third-order valence-corrected chi connectivity index (χ3v) is 6.75. The average molecular weight is 445 g/mol. The molecule has 168 valence electrons. The maximum Gasteiger partial charge on any atom is 0.246 e. The maximum atomic E-state index is 6.39. The molecule has 0 saturated carbocycles. The quantitative estimate of drug-likeness (QED) is 0.272. The van der Waals surface area contributed by atoms with Gasteiger partial charge in [0.2, 0.25) is 5.71 Å². The number of aromatic nitrogens is 2. The van der Waals surface area contributed by atoms with Crippen LogP contribution in [0.1, 0.15) is 50.7 Å². The SMILES string of the molecule is CC(C)c1cccc(C(C)C)c1-n1c(-c2ccccc2)nc2oc3cc4ccccc4cc3c21. The Kier molecular flexibility index (Phi) is 4.80. The predicted molar refractivity (Wildman–Crippen MR) is 142 cm³/mol. The molecule has 0 N–H and O–H groups in total. The van der Waals surface area contributed by atoms with Gasteiger partial charge in [-0.1, -0.05) is 100 Å². The lowest BCUT2D eigenvalue weighted by molar-refractivity contribution is 0.657. The Morgan fingerprint density at radius 2 is 1.32 bits per heavy atom. The molecule has 0 aliphatic heterocycles. The summed E-state index contributed by atoms with van der Waals surface area (Å²) in [6.07, 6.45) is 0. The normalized spacial score (nSPS) is 12.1. The van der Waals surface area contributed by atoms with E-state index in [1.807, 2.05) is 6.07 Å². The highest BCUT2D eigenvalue weighted by Crippen LogP contribution is 2.41. The second kappa shape index (κ2) is 7.88. The lowest BCUT2D eigenvalue weighted by Crippen LogP contribution is -2.08. The van der Waals surface area contributed by atoms with Gasteiger partial charge in [-0.3, -0.25) is 4.57 Å². The lowest BCUT2D eigenvalue weighted by atomic mass is 9.92. The van der Waals surface area contributed by atoms with Crippen molar-refractivity contribution >= 4 is 33.0 Å². The van der Waals surface area contributed by atoms with E-state index in [1.54, 1.807) is 0 Å². The molecule has 0 aliphatic rings. The van der Waals surface area contributed by atoms with Gasteiger partial charge in [0.05, 0.1) is 5.69 Å². The van der Waals surface area contributed by atoms with Gasteiger partial charge in [-0.25, -0.2) is 0 Å². The second-order valence-corrected chi connectivity index (χ2v) is 9.68. The van der Waals surface area contributed by atoms with Crippen LogP contribution < -0.4 is 0 Å². The molecule has 34 heavy (non-hydrogen) atoms. The molecular weight excluding hydrogens is 416 g/mol. The highest BCUT2D eigenvalue weighted by molar-refractivity contribution is 6.09. The first-order valence-corrected chi connectivity index (χ1v) is 12.0. The highest BCUT2D eigenvalue weighted by atomic mass is 16.3. The summed E-state index contributed by atoms with van der Waals surface area (Å²) in [7, 11) is 0. The van der Waals surface area contributed by atoms with Crippen LogP contribution in [0.4, 0.5) is 0 Å². The zero-order chi connectivity index (χ0) is 23.4. The molecule has 0 atom stereocenters. The summed E-state index contributed by atoms with van der Waals surface area (Å²) in [4.78, 5) is 5.08. The molecule has 0 saturated heterocycles. The molecule has 0 aliphatic carbocycles. The van der Waals surface area contributed by atoms with E-state index in [1.165, 1.54) is 27.6 Å². The molecule has 0 bridgehead atoms. The minimum atomic E-state index is 0.369. The molecule has 0 unspecified atom stereocenters. The number of benzene rings is 4. The van der Waals surface area contributed by atoms with Gasteiger partial charge in [-0.15, -0.1) is 0 Å². The fraction of sp³-hybridized carbons (Fsp3) is 0.194. The van der Waals surface area contributed by atoms with Gasteiger partial charge in [0.15, 0.2) is 0 Å². The van der Waals surface area contributed by atoms with Crippen molar-refractivity contribution in [1.29, 1.82) is 0 Å². The second-order valence-electron chi connectivity index (χ2n) is 9.68. The Bertz CT molecular complexity index is 1630. The van der Waals surface area contributed by atoms with Gasteiger partial charge in [0.25, 0.3) is 0 Å². The van der Waals surface area contributed by atoms with Gasteiger partial charge in [-0.05, 0) is 45.9 Å². The van der Waals surface area contributed by atoms with Crippen molar-refractivity contribution in [3.63, 3.8) is 0 Å². The monoisotopic (exact) mass is 444 g/mol. The van der Waals surface area contributed by atoms with Crippen LogP contribution in [0.3, 0.4) is 0 Å². The van der Waals surface area contributed by atoms with E-state index in [2.05, 4.69) is 111 Å². The van der Waals surface area contributed by atoms with Crippen molar-refractivity contribution in [3.05, 3.63) is 96.1 Å². The summed E-state index contributed by atoms with van der Waals surface area (Å²) in [6, 6.07) is 30.0. The zero-order valence-corrected chi connectivity index (χ0v) is 20.0. The van der Waals surface area contributed by atoms with E-state index in [-0.39, 0.29) is 0 Å². The molecule has 3 heteroatoms. The van der Waals surface area contributed by atoms with Crippen molar-refractivity contribution in [1.82, 2.24) is 9.55 Å². The Hall–Kier alpha value is -3.85. The molecule has 4 aromatic carbocycles. The first-order valence-electron chi connectivity index (χ1n) is 12.0. The topological polar surface area (TPSA) is 31.0 Å². The van der Waals surface area contributed by atoms with Gasteiger partial charge in [0, 0.05) is 10.9 Å². The first kappa shape index (κ1) is 20.7. The molecule has 3 nitrogen and oxygen atoms in total. The van der Waals surface area contributed by atoms with Gasteiger partial charge >= 0.3 is 0 Å². The molecule has 2 heterocycles. The summed E-state index contributed by atoms with van der Waals surface area (Å²) in [5.74, 6) is 1.65. The van der Waals surface area contributed by atoms with E-state index < -0.39 is 0 Å². The average Bonchev–Trinajstić information content (AvgIpc) is 3.38. The number of furan rings is 1. The first-order chi connectivity index (χ1) is 16.5. The van der Waals surface area contributed by atoms with Crippen LogP contribution in [0.15, 0.2) is 89.3 Å². The molecule has 6 rings (SSSR count). The minimum Gasteiger partial charge on any atom is -0.436 e. The van der Waals surface area contributed by atoms with Crippen LogP contribution in [0.2, 0.25) is 0 Å². The van der Waals surface area contributed by atoms with Crippen LogP contribution in [0.25, 0.3) is 50.0 Å². The van der Waals surface area contributed by atoms with E-state index in [0.29, 0.717) is 17.5 Å². The Morgan fingerprint density at radius 3 is 1.97 bits per heavy atom. The number of hydrogen-bond acceptors (Lipinski definition) is 2. The van der Waals surface area contributed by atoms with Crippen LogP contribution in [0, 0.1) is 0 Å². The summed E-state index contributed by atoms with van der Waals surface area (Å²) in [5.41, 5.74) is 7.53. The van der Waals surface area contributed by atoms with Crippen molar-refractivity contribution in [2.45, 2.75) is 39.5 Å². The predicted octanol–water partition coefficient (Wildman–Crippen LogP) is 8.84. The maximum absolute atomic E-state index is 6.39. The van der Waals surface area contributed by atoms with E-state index in [4.69, 9.17) is 9.40 Å². The van der Waals surface area contributed by atoms with Gasteiger partial charge in [-0.2, -0.15) is 4.98 Å². The lowest BCUT2D eigenvalue weighted by Gasteiger charge is -2.22. The molecule has 0 fully saturated rings. The van der Waals surface area contributed by atoms with Crippen LogP contribution in [0.5, 0.6) is 0 Å². The Labute approximate surface area is 199 Å². The number of nitrogens with zero attached hydrogens (tertiary/aromatic N) is 2. The van der Waals surface area contributed by atoms with Crippen molar-refractivity contribution in [2.75, 3.05) is 0 Å². The van der Waals surface area contributed by atoms with Crippen LogP contribution in [-0.2, 0) is 0 Å². The smallest absolute Gasteiger partial charge is 0.246 e. The molecule has 2 aromatic heterocycles. The molecule has 0 radical (unpaired) electrons. The van der Waals surface area contributed by atoms with Crippen molar-refractivity contribution in [3.8, 4) is 17.1 Å². The third kappa shape index (κ3) is 3.15. The third-order valence-electron chi connectivity index (χ3n) is 6.75. The minimum absolute atomic E-state index is 0.369. The number of rotatable bonds is 4. The fourth-order valence-corrected chi connectivity index (χ4v) is 5.07. The molecule has 6 aromatic rings. The highest BCUT2D eigenvalue weighted by Gasteiger charge is 2.25. The number of fused-ring (bicyclic) bond motifs is 4. The zero-order valence-electron chi connectivity index (χ0n) is 20.0. The largest absolute Gasteiger partial charge is 0.436 e. The summed E-state index contributed by atoms with van der Waals surface area (Å²) < 4.78 is 8.75.